The van der Waals surface area contributed by atoms with E-state index in [1.165, 1.54) is 11.1 Å². The summed E-state index contributed by atoms with van der Waals surface area (Å²) in [6.45, 7) is 1.69. The summed E-state index contributed by atoms with van der Waals surface area (Å²) in [6, 6.07) is 8.45. The van der Waals surface area contributed by atoms with Gasteiger partial charge in [-0.05, 0) is 36.5 Å². The third-order valence-electron chi connectivity index (χ3n) is 4.88. The van der Waals surface area contributed by atoms with Crippen LogP contribution in [0.4, 0.5) is 11.8 Å². The molecule has 1 aliphatic heterocycles. The van der Waals surface area contributed by atoms with Crippen LogP contribution in [0.3, 0.4) is 0 Å². The minimum atomic E-state index is 0. The van der Waals surface area contributed by atoms with Gasteiger partial charge in [0.05, 0.1) is 5.69 Å². The zero-order valence-electron chi connectivity index (χ0n) is 13.7. The van der Waals surface area contributed by atoms with Crippen LogP contribution in [0.2, 0.25) is 5.02 Å². The van der Waals surface area contributed by atoms with E-state index in [2.05, 4.69) is 27.0 Å². The number of halogens is 3. The van der Waals surface area contributed by atoms with Gasteiger partial charge < -0.3 is 16.4 Å². The number of hydrogen-bond acceptors (Lipinski definition) is 5. The summed E-state index contributed by atoms with van der Waals surface area (Å²) in [4.78, 5) is 11.1. The van der Waals surface area contributed by atoms with Gasteiger partial charge in [-0.2, -0.15) is 4.98 Å². The molecular weight excluding hydrogens is 381 g/mol. The topological polar surface area (TPSA) is 81.1 Å². The molecule has 1 aromatic carbocycles. The van der Waals surface area contributed by atoms with E-state index in [4.69, 9.17) is 23.1 Å². The van der Waals surface area contributed by atoms with E-state index >= 15 is 0 Å². The number of rotatable bonds is 2. The number of nitrogens with two attached hydrogens (primary N) is 2. The van der Waals surface area contributed by atoms with E-state index in [9.17, 15) is 0 Å². The number of nitrogen functional groups attached to an aromatic ring is 1. The van der Waals surface area contributed by atoms with Crippen molar-refractivity contribution in [2.45, 2.75) is 37.8 Å². The highest BCUT2D eigenvalue weighted by Gasteiger charge is 2.30. The Hall–Kier alpha value is -1.27. The van der Waals surface area contributed by atoms with Gasteiger partial charge in [-0.25, -0.2) is 4.98 Å². The van der Waals surface area contributed by atoms with Gasteiger partial charge >= 0.3 is 0 Å². The number of hydrogen-bond donors (Lipinski definition) is 2. The van der Waals surface area contributed by atoms with Crippen LogP contribution in [0, 0.1) is 0 Å². The van der Waals surface area contributed by atoms with Crippen molar-refractivity contribution in [2.75, 3.05) is 17.2 Å². The fourth-order valence-electron chi connectivity index (χ4n) is 3.50. The van der Waals surface area contributed by atoms with E-state index < -0.39 is 0 Å². The summed E-state index contributed by atoms with van der Waals surface area (Å²) in [7, 11) is 0. The number of nitrogens with zero attached hydrogens (tertiary/aromatic N) is 3. The van der Waals surface area contributed by atoms with Gasteiger partial charge in [0.15, 0.2) is 0 Å². The lowest BCUT2D eigenvalue weighted by Crippen LogP contribution is -2.36. The van der Waals surface area contributed by atoms with Gasteiger partial charge in [0, 0.05) is 36.1 Å². The summed E-state index contributed by atoms with van der Waals surface area (Å²) in [5.74, 6) is 1.66. The summed E-state index contributed by atoms with van der Waals surface area (Å²) in [6.07, 6.45) is 2.88. The highest BCUT2D eigenvalue weighted by molar-refractivity contribution is 6.31. The zero-order chi connectivity index (χ0) is 16.0. The SMILES string of the molecule is Cl.Cl.Nc1nc(C2CC(N)C2)cc(N2CCc3c(Cl)cccc3C2)n1. The lowest BCUT2D eigenvalue weighted by Gasteiger charge is -2.34. The van der Waals surface area contributed by atoms with Crippen LogP contribution in [-0.4, -0.2) is 22.6 Å². The van der Waals surface area contributed by atoms with Gasteiger partial charge in [0.25, 0.3) is 0 Å². The Balaban J connectivity index is 0.00000113. The lowest BCUT2D eigenvalue weighted by molar-refractivity contribution is 0.345. The molecule has 4 rings (SSSR count). The van der Waals surface area contributed by atoms with E-state index in [-0.39, 0.29) is 24.8 Å². The molecule has 25 heavy (non-hydrogen) atoms. The predicted molar refractivity (Wildman–Crippen MR) is 107 cm³/mol. The van der Waals surface area contributed by atoms with Crippen molar-refractivity contribution >= 4 is 48.2 Å². The van der Waals surface area contributed by atoms with Crippen LogP contribution in [0.1, 0.15) is 35.6 Å². The van der Waals surface area contributed by atoms with Crippen LogP contribution in [0.15, 0.2) is 24.3 Å². The summed E-state index contributed by atoms with van der Waals surface area (Å²) in [5, 5.41) is 0.855. The molecule has 1 saturated carbocycles. The first-order valence-electron chi connectivity index (χ1n) is 8.01. The highest BCUT2D eigenvalue weighted by atomic mass is 35.5. The number of anilines is 2. The molecule has 0 spiro atoms. The maximum Gasteiger partial charge on any atom is 0.222 e. The minimum Gasteiger partial charge on any atom is -0.368 e. The lowest BCUT2D eigenvalue weighted by atomic mass is 9.78. The molecule has 0 unspecified atom stereocenters. The van der Waals surface area contributed by atoms with Crippen LogP contribution in [0.25, 0.3) is 0 Å². The van der Waals surface area contributed by atoms with Crippen molar-refractivity contribution in [2.24, 2.45) is 5.73 Å². The normalized spacial score (nSPS) is 21.4. The Labute approximate surface area is 165 Å². The molecule has 5 nitrogen and oxygen atoms in total. The molecule has 0 atom stereocenters. The number of aromatic nitrogens is 2. The molecular formula is C17H22Cl3N5. The molecule has 136 valence electrons. The van der Waals surface area contributed by atoms with E-state index in [1.807, 2.05) is 12.1 Å². The second-order valence-corrected chi connectivity index (χ2v) is 6.89. The van der Waals surface area contributed by atoms with Crippen LogP contribution in [0.5, 0.6) is 0 Å². The summed E-state index contributed by atoms with van der Waals surface area (Å²) in [5.41, 5.74) is 15.4. The maximum absolute atomic E-state index is 6.29. The molecule has 0 amide bonds. The monoisotopic (exact) mass is 401 g/mol. The Morgan fingerprint density at radius 2 is 1.92 bits per heavy atom. The van der Waals surface area contributed by atoms with E-state index in [0.29, 0.717) is 17.9 Å². The highest BCUT2D eigenvalue weighted by Crippen LogP contribution is 2.36. The average Bonchev–Trinajstić information content (AvgIpc) is 2.51. The van der Waals surface area contributed by atoms with Crippen molar-refractivity contribution in [1.29, 1.82) is 0 Å². The van der Waals surface area contributed by atoms with Gasteiger partial charge in [-0.3, -0.25) is 0 Å². The van der Waals surface area contributed by atoms with Gasteiger partial charge in [0.2, 0.25) is 5.95 Å². The number of benzene rings is 1. The fraction of sp³-hybridized carbons (Fsp3) is 0.412. The molecule has 2 aliphatic rings. The molecule has 1 aromatic heterocycles. The van der Waals surface area contributed by atoms with Gasteiger partial charge in [0.1, 0.15) is 5.82 Å². The van der Waals surface area contributed by atoms with Crippen LogP contribution in [-0.2, 0) is 13.0 Å². The zero-order valence-corrected chi connectivity index (χ0v) is 16.1. The van der Waals surface area contributed by atoms with Crippen LogP contribution < -0.4 is 16.4 Å². The summed E-state index contributed by atoms with van der Waals surface area (Å²) >= 11 is 6.29. The van der Waals surface area contributed by atoms with Crippen molar-refractivity contribution < 1.29 is 0 Å². The standard InChI is InChI=1S/C17H20ClN5.2ClH/c18-14-3-1-2-10-9-23(5-4-13(10)14)16-8-15(21-17(20)22-16)11-6-12(19)7-11;;/h1-3,8,11-12H,4-7,9,19H2,(H2,20,21,22);2*1H. The largest absolute Gasteiger partial charge is 0.368 e. The molecule has 8 heteroatoms. The van der Waals surface area contributed by atoms with E-state index in [0.717, 1.165) is 48.9 Å². The molecule has 0 radical (unpaired) electrons. The predicted octanol–water partition coefficient (Wildman–Crippen LogP) is 3.32. The second-order valence-electron chi connectivity index (χ2n) is 6.49. The number of fused-ring (bicyclic) bond motifs is 1. The first-order valence-corrected chi connectivity index (χ1v) is 8.39. The van der Waals surface area contributed by atoms with Crippen molar-refractivity contribution in [1.82, 2.24) is 9.97 Å². The Bertz CT molecular complexity index is 749. The second kappa shape index (κ2) is 7.96. The molecule has 0 bridgehead atoms. The average molecular weight is 403 g/mol. The first kappa shape index (κ1) is 20.0. The minimum absolute atomic E-state index is 0. The molecule has 4 N–H and O–H groups in total. The molecule has 1 fully saturated rings. The maximum atomic E-state index is 6.29. The van der Waals surface area contributed by atoms with Gasteiger partial charge in [-0.15, -0.1) is 24.8 Å². The Kier molecular flexibility index (Phi) is 6.38. The molecule has 2 aromatic rings. The third-order valence-corrected chi connectivity index (χ3v) is 5.23. The van der Waals surface area contributed by atoms with Crippen molar-refractivity contribution in [3.05, 3.63) is 46.1 Å². The third kappa shape index (κ3) is 3.95. The van der Waals surface area contributed by atoms with Crippen molar-refractivity contribution in [3.63, 3.8) is 0 Å². The van der Waals surface area contributed by atoms with E-state index in [1.54, 1.807) is 0 Å². The quantitative estimate of drug-likeness (QED) is 0.805. The van der Waals surface area contributed by atoms with Crippen LogP contribution >= 0.6 is 36.4 Å². The molecule has 1 aliphatic carbocycles. The Morgan fingerprint density at radius 3 is 2.64 bits per heavy atom. The molecule has 0 saturated heterocycles. The van der Waals surface area contributed by atoms with Gasteiger partial charge in [-0.1, -0.05) is 23.7 Å². The summed E-state index contributed by atoms with van der Waals surface area (Å²) < 4.78 is 0. The fourth-order valence-corrected chi connectivity index (χ4v) is 3.79. The first-order chi connectivity index (χ1) is 11.1. The van der Waals surface area contributed by atoms with Crippen molar-refractivity contribution in [3.8, 4) is 0 Å². The Morgan fingerprint density at radius 1 is 1.16 bits per heavy atom. The molecule has 2 heterocycles. The smallest absolute Gasteiger partial charge is 0.222 e.